The molecule has 0 fully saturated rings. The summed E-state index contributed by atoms with van der Waals surface area (Å²) in [5.41, 5.74) is 6.28. The maximum absolute atomic E-state index is 13.9. The molecule has 5 heteroatoms. The summed E-state index contributed by atoms with van der Waals surface area (Å²) in [5.74, 6) is 3.53. The zero-order valence-electron chi connectivity index (χ0n) is 11.0. The van der Waals surface area contributed by atoms with Crippen molar-refractivity contribution in [3.8, 4) is 11.8 Å². The zero-order valence-corrected chi connectivity index (χ0v) is 11.8. The van der Waals surface area contributed by atoms with Crippen LogP contribution in [0.1, 0.15) is 11.1 Å². The monoisotopic (exact) mass is 307 g/mol. The first-order valence-corrected chi connectivity index (χ1v) is 7.14. The molecule has 0 saturated heterocycles. The van der Waals surface area contributed by atoms with Gasteiger partial charge in [0.2, 0.25) is 0 Å². The van der Waals surface area contributed by atoms with Gasteiger partial charge >= 0.3 is 0 Å². The second-order valence-electron chi connectivity index (χ2n) is 4.18. The van der Waals surface area contributed by atoms with Crippen LogP contribution in [0.5, 0.6) is 0 Å². The lowest BCUT2D eigenvalue weighted by atomic mass is 10.1. The molecule has 0 spiro atoms. The van der Waals surface area contributed by atoms with E-state index >= 15 is 0 Å². The summed E-state index contributed by atoms with van der Waals surface area (Å²) in [6.07, 6.45) is 0. The molecule has 2 rings (SSSR count). The molecule has 0 heterocycles. The Morgan fingerprint density at radius 3 is 2.43 bits per heavy atom. The summed E-state index contributed by atoms with van der Waals surface area (Å²) in [6.45, 7) is 0.218. The van der Waals surface area contributed by atoms with Crippen molar-refractivity contribution in [2.75, 3.05) is 6.54 Å². The van der Waals surface area contributed by atoms with E-state index in [1.54, 1.807) is 12.1 Å². The van der Waals surface area contributed by atoms with Gasteiger partial charge in [-0.2, -0.15) is 0 Å². The highest BCUT2D eigenvalue weighted by molar-refractivity contribution is 7.98. The minimum Gasteiger partial charge on any atom is -0.320 e. The smallest absolute Gasteiger partial charge is 0.159 e. The van der Waals surface area contributed by atoms with Crippen LogP contribution in [0.3, 0.4) is 0 Å². The van der Waals surface area contributed by atoms with Crippen LogP contribution >= 0.6 is 11.8 Å². The number of thioether (sulfide) groups is 1. The number of benzene rings is 2. The molecule has 0 amide bonds. The van der Waals surface area contributed by atoms with Gasteiger partial charge in [0.25, 0.3) is 0 Å². The third-order valence-corrected chi connectivity index (χ3v) is 3.72. The van der Waals surface area contributed by atoms with E-state index < -0.39 is 11.6 Å². The minimum atomic E-state index is -0.909. The lowest BCUT2D eigenvalue weighted by Gasteiger charge is -2.05. The number of rotatable bonds is 3. The fourth-order valence-electron chi connectivity index (χ4n) is 1.62. The molecule has 0 radical (unpaired) electrons. The first-order chi connectivity index (χ1) is 10.1. The lowest BCUT2D eigenvalue weighted by Crippen LogP contribution is -1.94. The normalized spacial score (nSPS) is 10.1. The maximum atomic E-state index is 13.9. The molecule has 2 aromatic rings. The molecule has 108 valence electrons. The number of halogens is 3. The van der Waals surface area contributed by atoms with Crippen LogP contribution in [0, 0.1) is 29.3 Å². The predicted molar refractivity (Wildman–Crippen MR) is 78.3 cm³/mol. The molecule has 1 nitrogen and oxygen atoms in total. The Morgan fingerprint density at radius 1 is 0.952 bits per heavy atom. The number of nitrogens with two attached hydrogens (primary N) is 1. The van der Waals surface area contributed by atoms with Crippen molar-refractivity contribution in [3.63, 3.8) is 0 Å². The van der Waals surface area contributed by atoms with Crippen molar-refractivity contribution in [1.29, 1.82) is 0 Å². The molecular formula is C16H12F3NS. The highest BCUT2D eigenvalue weighted by Crippen LogP contribution is 2.25. The summed E-state index contributed by atoms with van der Waals surface area (Å²) in [4.78, 5) is 0.542. The van der Waals surface area contributed by atoms with E-state index in [1.165, 1.54) is 23.9 Å². The van der Waals surface area contributed by atoms with Crippen molar-refractivity contribution >= 4 is 11.8 Å². The third kappa shape index (κ3) is 4.28. The molecule has 0 aromatic heterocycles. The third-order valence-electron chi connectivity index (χ3n) is 2.67. The molecule has 0 unspecified atom stereocenters. The van der Waals surface area contributed by atoms with Gasteiger partial charge < -0.3 is 5.73 Å². The Bertz CT molecular complexity index is 704. The van der Waals surface area contributed by atoms with Crippen LogP contribution in [0.2, 0.25) is 0 Å². The van der Waals surface area contributed by atoms with Crippen LogP contribution < -0.4 is 5.73 Å². The van der Waals surface area contributed by atoms with Gasteiger partial charge in [0.15, 0.2) is 11.6 Å². The van der Waals surface area contributed by atoms with E-state index in [1.807, 2.05) is 0 Å². The standard InChI is InChI=1S/C16H12F3NS/c17-14-6-5-13(9-16(14)19)21-10-12-4-3-11(2-1-7-20)8-15(12)18/h3-6,8-9H,7,10,20H2. The average Bonchev–Trinajstić information content (AvgIpc) is 2.47. The van der Waals surface area contributed by atoms with E-state index in [2.05, 4.69) is 11.8 Å². The molecule has 0 aliphatic carbocycles. The van der Waals surface area contributed by atoms with Crippen LogP contribution in [-0.2, 0) is 5.75 Å². The largest absolute Gasteiger partial charge is 0.320 e. The molecule has 0 bridgehead atoms. The van der Waals surface area contributed by atoms with Crippen LogP contribution in [0.25, 0.3) is 0 Å². The zero-order chi connectivity index (χ0) is 15.2. The summed E-state index contributed by atoms with van der Waals surface area (Å²) >= 11 is 1.23. The Morgan fingerprint density at radius 2 is 1.76 bits per heavy atom. The summed E-state index contributed by atoms with van der Waals surface area (Å²) in [7, 11) is 0. The maximum Gasteiger partial charge on any atom is 0.159 e. The van der Waals surface area contributed by atoms with Crippen molar-refractivity contribution in [2.24, 2.45) is 5.73 Å². The van der Waals surface area contributed by atoms with Gasteiger partial charge in [-0.05, 0) is 35.9 Å². The van der Waals surface area contributed by atoms with E-state index in [0.29, 0.717) is 21.8 Å². The lowest BCUT2D eigenvalue weighted by molar-refractivity contribution is 0.506. The van der Waals surface area contributed by atoms with E-state index in [-0.39, 0.29) is 12.4 Å². The van der Waals surface area contributed by atoms with Gasteiger partial charge in [0, 0.05) is 16.2 Å². The predicted octanol–water partition coefficient (Wildman–Crippen LogP) is 3.71. The Hall–Kier alpha value is -1.90. The van der Waals surface area contributed by atoms with Gasteiger partial charge in [-0.25, -0.2) is 13.2 Å². The molecular weight excluding hydrogens is 295 g/mol. The molecule has 0 aliphatic rings. The SMILES string of the molecule is NCC#Cc1ccc(CSc2ccc(F)c(F)c2)c(F)c1. The average molecular weight is 307 g/mol. The fraction of sp³-hybridized carbons (Fsp3) is 0.125. The van der Waals surface area contributed by atoms with E-state index in [4.69, 9.17) is 5.73 Å². The summed E-state index contributed by atoms with van der Waals surface area (Å²) in [5, 5.41) is 0. The second kappa shape index (κ2) is 7.21. The molecule has 21 heavy (non-hydrogen) atoms. The fourth-order valence-corrected chi connectivity index (χ4v) is 2.53. The molecule has 2 aromatic carbocycles. The minimum absolute atomic E-state index is 0.218. The van der Waals surface area contributed by atoms with Gasteiger partial charge in [-0.3, -0.25) is 0 Å². The Labute approximate surface area is 125 Å². The summed E-state index contributed by atoms with van der Waals surface area (Å²) < 4.78 is 39.8. The van der Waals surface area contributed by atoms with Crippen molar-refractivity contribution < 1.29 is 13.2 Å². The van der Waals surface area contributed by atoms with Crippen LogP contribution in [0.15, 0.2) is 41.3 Å². The highest BCUT2D eigenvalue weighted by atomic mass is 32.2. The second-order valence-corrected chi connectivity index (χ2v) is 5.23. The Kier molecular flexibility index (Phi) is 5.32. The topological polar surface area (TPSA) is 26.0 Å². The van der Waals surface area contributed by atoms with Gasteiger partial charge in [-0.1, -0.05) is 17.9 Å². The highest BCUT2D eigenvalue weighted by Gasteiger charge is 2.06. The molecule has 0 aliphatic heterocycles. The number of hydrogen-bond donors (Lipinski definition) is 1. The van der Waals surface area contributed by atoms with Gasteiger partial charge in [0.05, 0.1) is 6.54 Å². The van der Waals surface area contributed by atoms with Crippen molar-refractivity contribution in [3.05, 3.63) is 65.0 Å². The van der Waals surface area contributed by atoms with Gasteiger partial charge in [-0.15, -0.1) is 11.8 Å². The van der Waals surface area contributed by atoms with Crippen molar-refractivity contribution in [2.45, 2.75) is 10.6 Å². The molecule has 0 atom stereocenters. The van der Waals surface area contributed by atoms with Gasteiger partial charge in [0.1, 0.15) is 5.82 Å². The quantitative estimate of drug-likeness (QED) is 0.691. The summed E-state index contributed by atoms with van der Waals surface area (Å²) in [6, 6.07) is 8.28. The first kappa shape index (κ1) is 15.5. The molecule has 0 saturated carbocycles. The molecule has 2 N–H and O–H groups in total. The Balaban J connectivity index is 2.07. The van der Waals surface area contributed by atoms with E-state index in [9.17, 15) is 13.2 Å². The first-order valence-electron chi connectivity index (χ1n) is 6.15. The number of hydrogen-bond acceptors (Lipinski definition) is 2. The van der Waals surface area contributed by atoms with Crippen LogP contribution in [0.4, 0.5) is 13.2 Å². The van der Waals surface area contributed by atoms with Crippen molar-refractivity contribution in [1.82, 2.24) is 0 Å². The van der Waals surface area contributed by atoms with E-state index in [0.717, 1.165) is 12.1 Å². The van der Waals surface area contributed by atoms with Crippen LogP contribution in [-0.4, -0.2) is 6.54 Å².